The van der Waals surface area contributed by atoms with Gasteiger partial charge in [-0.25, -0.2) is 0 Å². The van der Waals surface area contributed by atoms with Gasteiger partial charge in [0.15, 0.2) is 0 Å². The van der Waals surface area contributed by atoms with Crippen molar-refractivity contribution in [3.63, 3.8) is 0 Å². The number of aliphatic imine (C=N–C) groups is 1. The van der Waals surface area contributed by atoms with Crippen LogP contribution >= 0.6 is 0 Å². The molecule has 2 aromatic rings. The maximum absolute atomic E-state index is 13.6. The van der Waals surface area contributed by atoms with Gasteiger partial charge in [0, 0.05) is 24.5 Å². The summed E-state index contributed by atoms with van der Waals surface area (Å²) in [6.07, 6.45) is 2.21. The van der Waals surface area contributed by atoms with Gasteiger partial charge in [-0.1, -0.05) is 18.6 Å². The molecule has 2 N–H and O–H groups in total. The molecule has 1 spiro atoms. The predicted molar refractivity (Wildman–Crippen MR) is 117 cm³/mol. The molecule has 0 bridgehead atoms. The summed E-state index contributed by atoms with van der Waals surface area (Å²) in [5.74, 6) is -1.06. The summed E-state index contributed by atoms with van der Waals surface area (Å²) in [6.45, 7) is 0. The molecule has 4 rings (SSSR count). The number of nitrogens with two attached hydrogens (primary N) is 1. The largest absolute Gasteiger partial charge is 0.416 e. The molecule has 1 unspecified atom stereocenters. The van der Waals surface area contributed by atoms with Crippen LogP contribution in [0.15, 0.2) is 47.6 Å². The minimum Gasteiger partial charge on any atom is -0.368 e. The second kappa shape index (κ2) is 8.68. The highest BCUT2D eigenvalue weighted by Crippen LogP contribution is 2.42. The molecule has 1 aromatic heterocycles. The molecule has 1 aliphatic heterocycles. The fourth-order valence-electron chi connectivity index (χ4n) is 4.96. The molecule has 6 nitrogen and oxygen atoms in total. The Bertz CT molecular complexity index is 1070. The Morgan fingerprint density at radius 2 is 1.82 bits per heavy atom. The number of carbonyl (C=O) groups is 2. The zero-order valence-corrected chi connectivity index (χ0v) is 18.4. The Balaban J connectivity index is 1.67. The van der Waals surface area contributed by atoms with Gasteiger partial charge >= 0.3 is 6.18 Å². The lowest BCUT2D eigenvalue weighted by Gasteiger charge is -2.42. The molecule has 0 radical (unpaired) electrons. The van der Waals surface area contributed by atoms with Crippen molar-refractivity contribution in [3.8, 4) is 0 Å². The van der Waals surface area contributed by atoms with E-state index in [1.807, 2.05) is 29.9 Å². The summed E-state index contributed by atoms with van der Waals surface area (Å²) in [5, 5.41) is 0. The number of hydrogen-bond acceptors (Lipinski definition) is 3. The van der Waals surface area contributed by atoms with E-state index < -0.39 is 35.3 Å². The lowest BCUT2D eigenvalue weighted by molar-refractivity contribution is -0.140. The van der Waals surface area contributed by atoms with E-state index in [-0.39, 0.29) is 5.71 Å². The summed E-state index contributed by atoms with van der Waals surface area (Å²) in [5.41, 5.74) is 5.52. The van der Waals surface area contributed by atoms with Crippen LogP contribution in [-0.4, -0.2) is 38.7 Å². The standard InChI is InChI=1S/C24H27F3N4O2/c1-30-15-5-6-18(30)11-12-19(21(28)32)31-22(33)20(29-23(31)13-3-2-4-14-23)16-7-9-17(10-8-16)24(25,26)27/h5-10,15,19H,2-4,11-14H2,1H3,(H2,28,32). The molecule has 33 heavy (non-hydrogen) atoms. The van der Waals surface area contributed by atoms with Crippen molar-refractivity contribution in [1.82, 2.24) is 9.47 Å². The van der Waals surface area contributed by atoms with Crippen LogP contribution in [0.4, 0.5) is 13.2 Å². The second-order valence-electron chi connectivity index (χ2n) is 8.82. The lowest BCUT2D eigenvalue weighted by Crippen LogP contribution is -2.57. The second-order valence-corrected chi connectivity index (χ2v) is 8.82. The number of aryl methyl sites for hydroxylation is 2. The number of nitrogens with zero attached hydrogens (tertiary/aromatic N) is 3. The van der Waals surface area contributed by atoms with E-state index in [9.17, 15) is 22.8 Å². The maximum Gasteiger partial charge on any atom is 0.416 e. The SMILES string of the molecule is Cn1cccc1CCC(C(N)=O)N1C(=O)C(c2ccc(C(F)(F)F)cc2)=NC12CCCCC2. The van der Waals surface area contributed by atoms with Gasteiger partial charge in [-0.2, -0.15) is 13.2 Å². The first kappa shape index (κ1) is 23.1. The first-order valence-electron chi connectivity index (χ1n) is 11.1. The van der Waals surface area contributed by atoms with E-state index in [1.54, 1.807) is 0 Å². The quantitative estimate of drug-likeness (QED) is 0.711. The third-order valence-corrected chi connectivity index (χ3v) is 6.70. The van der Waals surface area contributed by atoms with Crippen LogP contribution in [0.3, 0.4) is 0 Å². The van der Waals surface area contributed by atoms with Crippen molar-refractivity contribution in [3.05, 3.63) is 59.4 Å². The zero-order valence-electron chi connectivity index (χ0n) is 18.4. The summed E-state index contributed by atoms with van der Waals surface area (Å²) in [6, 6.07) is 7.42. The molecule has 2 heterocycles. The van der Waals surface area contributed by atoms with Crippen molar-refractivity contribution in [2.75, 3.05) is 0 Å². The zero-order chi connectivity index (χ0) is 23.8. The maximum atomic E-state index is 13.6. The highest BCUT2D eigenvalue weighted by molar-refractivity contribution is 6.47. The minimum absolute atomic E-state index is 0.0933. The number of primary amides is 1. The van der Waals surface area contributed by atoms with Crippen molar-refractivity contribution >= 4 is 17.5 Å². The Morgan fingerprint density at radius 1 is 1.15 bits per heavy atom. The van der Waals surface area contributed by atoms with Crippen LogP contribution in [0.25, 0.3) is 0 Å². The van der Waals surface area contributed by atoms with Gasteiger partial charge in [-0.05, 0) is 62.8 Å². The van der Waals surface area contributed by atoms with E-state index in [2.05, 4.69) is 0 Å². The summed E-state index contributed by atoms with van der Waals surface area (Å²) in [7, 11) is 1.91. The Morgan fingerprint density at radius 3 is 2.36 bits per heavy atom. The van der Waals surface area contributed by atoms with Crippen LogP contribution in [0.2, 0.25) is 0 Å². The average Bonchev–Trinajstić information content (AvgIpc) is 3.30. The van der Waals surface area contributed by atoms with Crippen molar-refractivity contribution in [2.45, 2.75) is 62.8 Å². The molecule has 176 valence electrons. The molecule has 1 aliphatic carbocycles. The highest BCUT2D eigenvalue weighted by Gasteiger charge is 2.51. The van der Waals surface area contributed by atoms with Crippen LogP contribution in [0.5, 0.6) is 0 Å². The van der Waals surface area contributed by atoms with E-state index in [4.69, 9.17) is 10.7 Å². The normalized spacial score (nSPS) is 19.1. The smallest absolute Gasteiger partial charge is 0.368 e. The number of aromatic nitrogens is 1. The molecule has 1 aromatic carbocycles. The number of hydrogen-bond donors (Lipinski definition) is 1. The molecule has 0 saturated heterocycles. The van der Waals surface area contributed by atoms with Crippen LogP contribution < -0.4 is 5.73 Å². The molecule has 1 atom stereocenters. The van der Waals surface area contributed by atoms with Crippen LogP contribution in [-0.2, 0) is 29.2 Å². The van der Waals surface area contributed by atoms with Crippen LogP contribution in [0.1, 0.15) is 55.3 Å². The topological polar surface area (TPSA) is 80.7 Å². The average molecular weight is 461 g/mol. The van der Waals surface area contributed by atoms with Gasteiger partial charge in [0.05, 0.1) is 5.56 Å². The number of halogens is 3. The van der Waals surface area contributed by atoms with Gasteiger partial charge in [0.25, 0.3) is 5.91 Å². The minimum atomic E-state index is -4.47. The number of benzene rings is 1. The molecule has 2 aliphatic rings. The number of carbonyl (C=O) groups excluding carboxylic acids is 2. The molecule has 9 heteroatoms. The number of alkyl halides is 3. The third-order valence-electron chi connectivity index (χ3n) is 6.70. The number of amides is 2. The monoisotopic (exact) mass is 460 g/mol. The summed E-state index contributed by atoms with van der Waals surface area (Å²) < 4.78 is 40.9. The van der Waals surface area contributed by atoms with Gasteiger partial charge in [-0.3, -0.25) is 14.6 Å². The van der Waals surface area contributed by atoms with E-state index in [1.165, 1.54) is 17.0 Å². The molecular weight excluding hydrogens is 433 g/mol. The third kappa shape index (κ3) is 4.41. The highest BCUT2D eigenvalue weighted by atomic mass is 19.4. The Hall–Kier alpha value is -3.10. The van der Waals surface area contributed by atoms with Gasteiger partial charge in [0.1, 0.15) is 17.4 Å². The van der Waals surface area contributed by atoms with Crippen molar-refractivity contribution in [2.24, 2.45) is 17.8 Å². The Labute approximate surface area is 190 Å². The van der Waals surface area contributed by atoms with E-state index in [0.717, 1.165) is 37.1 Å². The first-order valence-corrected chi connectivity index (χ1v) is 11.1. The molecule has 1 fully saturated rings. The van der Waals surface area contributed by atoms with E-state index in [0.29, 0.717) is 31.2 Å². The molecular formula is C24H27F3N4O2. The fraction of sp³-hybridized carbons (Fsp3) is 0.458. The summed E-state index contributed by atoms with van der Waals surface area (Å²) in [4.78, 5) is 32.4. The van der Waals surface area contributed by atoms with Crippen LogP contribution in [0, 0.1) is 0 Å². The van der Waals surface area contributed by atoms with E-state index >= 15 is 0 Å². The summed E-state index contributed by atoms with van der Waals surface area (Å²) >= 11 is 0. The van der Waals surface area contributed by atoms with Gasteiger partial charge in [0.2, 0.25) is 5.91 Å². The first-order chi connectivity index (χ1) is 15.6. The fourth-order valence-corrected chi connectivity index (χ4v) is 4.96. The predicted octanol–water partition coefficient (Wildman–Crippen LogP) is 3.82. The molecule has 1 saturated carbocycles. The van der Waals surface area contributed by atoms with Crippen molar-refractivity contribution < 1.29 is 22.8 Å². The lowest BCUT2D eigenvalue weighted by atomic mass is 9.87. The van der Waals surface area contributed by atoms with Crippen molar-refractivity contribution in [1.29, 1.82) is 0 Å². The molecule has 2 amide bonds. The number of rotatable bonds is 6. The van der Waals surface area contributed by atoms with Gasteiger partial charge < -0.3 is 15.2 Å². The Kier molecular flexibility index (Phi) is 6.07. The van der Waals surface area contributed by atoms with Gasteiger partial charge in [-0.15, -0.1) is 0 Å².